The Morgan fingerprint density at radius 3 is 2.27 bits per heavy atom. The van der Waals surface area contributed by atoms with Gasteiger partial charge < -0.3 is 15.5 Å². The monoisotopic (exact) mass is 303 g/mol. The molecule has 2 amide bonds. The molecule has 0 aliphatic carbocycles. The van der Waals surface area contributed by atoms with Crippen molar-refractivity contribution in [1.29, 1.82) is 0 Å². The van der Waals surface area contributed by atoms with E-state index in [-0.39, 0.29) is 23.2 Å². The predicted octanol–water partition coefficient (Wildman–Crippen LogP) is 3.14. The Hall–Kier alpha value is -1.55. The minimum atomic E-state index is 0.00218. The fourth-order valence-electron chi connectivity index (χ4n) is 3.64. The summed E-state index contributed by atoms with van der Waals surface area (Å²) in [6.45, 7) is 9.41. The van der Waals surface area contributed by atoms with Crippen molar-refractivity contribution in [2.24, 2.45) is 0 Å². The third-order valence-electron chi connectivity index (χ3n) is 4.13. The zero-order valence-electron chi connectivity index (χ0n) is 14.4. The lowest BCUT2D eigenvalue weighted by Gasteiger charge is -2.46. The Kier molecular flexibility index (Phi) is 4.81. The summed E-state index contributed by atoms with van der Waals surface area (Å²) in [6.07, 6.45) is 1.89. The number of nitrogens with one attached hydrogen (secondary N) is 2. The summed E-state index contributed by atoms with van der Waals surface area (Å²) in [5.41, 5.74) is 1.22. The molecule has 0 aromatic heterocycles. The van der Waals surface area contributed by atoms with Crippen LogP contribution in [0.3, 0.4) is 0 Å². The van der Waals surface area contributed by atoms with E-state index in [1.54, 1.807) is 4.90 Å². The summed E-state index contributed by atoms with van der Waals surface area (Å²) in [6, 6.07) is 10.3. The van der Waals surface area contributed by atoms with Crippen LogP contribution in [0, 0.1) is 0 Å². The maximum absolute atomic E-state index is 12.4. The maximum Gasteiger partial charge on any atom is 0.317 e. The molecule has 0 saturated carbocycles. The lowest BCUT2D eigenvalue weighted by atomic mass is 9.80. The first-order valence-electron chi connectivity index (χ1n) is 8.02. The van der Waals surface area contributed by atoms with Crippen LogP contribution < -0.4 is 10.6 Å². The quantitative estimate of drug-likeness (QED) is 0.901. The van der Waals surface area contributed by atoms with E-state index in [4.69, 9.17) is 0 Å². The third kappa shape index (κ3) is 4.73. The Labute approximate surface area is 134 Å². The van der Waals surface area contributed by atoms with Crippen LogP contribution in [0.4, 0.5) is 4.79 Å². The van der Waals surface area contributed by atoms with E-state index in [0.717, 1.165) is 18.4 Å². The predicted molar refractivity (Wildman–Crippen MR) is 90.8 cm³/mol. The molecule has 1 aliphatic rings. The normalized spacial score (nSPS) is 20.4. The van der Waals surface area contributed by atoms with Crippen molar-refractivity contribution in [2.45, 2.75) is 64.2 Å². The molecule has 0 radical (unpaired) electrons. The van der Waals surface area contributed by atoms with Crippen LogP contribution in [0.1, 0.15) is 46.1 Å². The van der Waals surface area contributed by atoms with Crippen molar-refractivity contribution >= 4 is 6.03 Å². The van der Waals surface area contributed by atoms with Gasteiger partial charge in [-0.3, -0.25) is 0 Å². The van der Waals surface area contributed by atoms with Gasteiger partial charge in [-0.2, -0.15) is 0 Å². The molecule has 4 nitrogen and oxygen atoms in total. The van der Waals surface area contributed by atoms with Crippen molar-refractivity contribution in [3.05, 3.63) is 35.9 Å². The molecular formula is C18H29N3O. The van der Waals surface area contributed by atoms with Crippen LogP contribution in [0.15, 0.2) is 30.3 Å². The van der Waals surface area contributed by atoms with E-state index in [2.05, 4.69) is 38.3 Å². The minimum Gasteiger partial charge on any atom is -0.335 e. The van der Waals surface area contributed by atoms with E-state index in [9.17, 15) is 4.79 Å². The highest BCUT2D eigenvalue weighted by Crippen LogP contribution is 2.28. The van der Waals surface area contributed by atoms with Gasteiger partial charge in [-0.1, -0.05) is 30.3 Å². The van der Waals surface area contributed by atoms with Crippen LogP contribution in [-0.4, -0.2) is 35.1 Å². The highest BCUT2D eigenvalue weighted by molar-refractivity contribution is 5.74. The molecule has 4 heteroatoms. The number of carbonyl (C=O) groups excluding carboxylic acids is 1. The number of hydrogen-bond donors (Lipinski definition) is 2. The highest BCUT2D eigenvalue weighted by atomic mass is 16.2. The standard InChI is InChI=1S/C18H29N3O/c1-17(2)11-15(12-18(3,4)20-17)19-16(22)21(5)13-14-9-7-6-8-10-14/h6-10,15,20H,11-13H2,1-5H3,(H,19,22). The summed E-state index contributed by atoms with van der Waals surface area (Å²) < 4.78 is 0. The maximum atomic E-state index is 12.4. The molecule has 0 unspecified atom stereocenters. The molecule has 1 aromatic rings. The van der Waals surface area contributed by atoms with Crippen LogP contribution >= 0.6 is 0 Å². The third-order valence-corrected chi connectivity index (χ3v) is 4.13. The van der Waals surface area contributed by atoms with Gasteiger partial charge in [0, 0.05) is 30.7 Å². The van der Waals surface area contributed by atoms with Crippen molar-refractivity contribution in [2.75, 3.05) is 7.05 Å². The van der Waals surface area contributed by atoms with Crippen LogP contribution in [0.5, 0.6) is 0 Å². The Bertz CT molecular complexity index is 494. The van der Waals surface area contributed by atoms with Crippen molar-refractivity contribution < 1.29 is 4.79 Å². The molecule has 1 aliphatic heterocycles. The fourth-order valence-corrected chi connectivity index (χ4v) is 3.64. The molecule has 2 N–H and O–H groups in total. The molecule has 122 valence electrons. The first kappa shape index (κ1) is 16.8. The van der Waals surface area contributed by atoms with Gasteiger partial charge in [0.15, 0.2) is 0 Å². The molecule has 22 heavy (non-hydrogen) atoms. The van der Waals surface area contributed by atoms with Crippen LogP contribution in [0.2, 0.25) is 0 Å². The molecule has 0 bridgehead atoms. The Morgan fingerprint density at radius 1 is 1.18 bits per heavy atom. The molecule has 0 atom stereocenters. The highest BCUT2D eigenvalue weighted by Gasteiger charge is 2.38. The first-order valence-corrected chi connectivity index (χ1v) is 8.02. The van der Waals surface area contributed by atoms with Gasteiger partial charge in [-0.25, -0.2) is 4.79 Å². The molecule has 1 aromatic carbocycles. The van der Waals surface area contributed by atoms with Gasteiger partial charge in [0.1, 0.15) is 0 Å². The smallest absolute Gasteiger partial charge is 0.317 e. The van der Waals surface area contributed by atoms with Gasteiger partial charge in [-0.05, 0) is 46.1 Å². The molecule has 0 spiro atoms. The summed E-state index contributed by atoms with van der Waals surface area (Å²) in [7, 11) is 1.85. The van der Waals surface area contributed by atoms with E-state index in [1.807, 2.05) is 37.4 Å². The number of hydrogen-bond acceptors (Lipinski definition) is 2. The van der Waals surface area contributed by atoms with Crippen molar-refractivity contribution in [1.82, 2.24) is 15.5 Å². The minimum absolute atomic E-state index is 0.00218. The molecule has 2 rings (SSSR count). The Morgan fingerprint density at radius 2 is 1.73 bits per heavy atom. The molecule has 1 fully saturated rings. The number of nitrogens with zero attached hydrogens (tertiary/aromatic N) is 1. The van der Waals surface area contributed by atoms with E-state index in [1.165, 1.54) is 0 Å². The lowest BCUT2D eigenvalue weighted by molar-refractivity contribution is 0.140. The average molecular weight is 303 g/mol. The Balaban J connectivity index is 1.93. The largest absolute Gasteiger partial charge is 0.335 e. The summed E-state index contributed by atoms with van der Waals surface area (Å²) >= 11 is 0. The average Bonchev–Trinajstić information content (AvgIpc) is 2.35. The number of amides is 2. The summed E-state index contributed by atoms with van der Waals surface area (Å²) in [5.74, 6) is 0. The topological polar surface area (TPSA) is 44.4 Å². The molecular weight excluding hydrogens is 274 g/mol. The summed E-state index contributed by atoms with van der Waals surface area (Å²) in [4.78, 5) is 14.2. The second-order valence-corrected chi connectivity index (χ2v) is 7.79. The van der Waals surface area contributed by atoms with Gasteiger partial charge in [-0.15, -0.1) is 0 Å². The van der Waals surface area contributed by atoms with Crippen molar-refractivity contribution in [3.8, 4) is 0 Å². The molecule has 1 saturated heterocycles. The van der Waals surface area contributed by atoms with Crippen LogP contribution in [0.25, 0.3) is 0 Å². The van der Waals surface area contributed by atoms with Gasteiger partial charge in [0.2, 0.25) is 0 Å². The van der Waals surface area contributed by atoms with E-state index in [0.29, 0.717) is 6.54 Å². The van der Waals surface area contributed by atoms with Crippen LogP contribution in [-0.2, 0) is 6.54 Å². The second-order valence-electron chi connectivity index (χ2n) is 7.79. The number of urea groups is 1. The number of piperidine rings is 1. The zero-order chi connectivity index (χ0) is 16.4. The van der Waals surface area contributed by atoms with Gasteiger partial charge in [0.25, 0.3) is 0 Å². The number of rotatable bonds is 3. The number of carbonyl (C=O) groups is 1. The van der Waals surface area contributed by atoms with Crippen molar-refractivity contribution in [3.63, 3.8) is 0 Å². The lowest BCUT2D eigenvalue weighted by Crippen LogP contribution is -2.62. The SMILES string of the molecule is CN(Cc1ccccc1)C(=O)NC1CC(C)(C)NC(C)(C)C1. The first-order chi connectivity index (χ1) is 10.2. The number of benzene rings is 1. The van der Waals surface area contributed by atoms with E-state index < -0.39 is 0 Å². The summed E-state index contributed by atoms with van der Waals surface area (Å²) in [5, 5.41) is 6.84. The molecule has 1 heterocycles. The van der Waals surface area contributed by atoms with E-state index >= 15 is 0 Å². The second kappa shape index (κ2) is 6.29. The van der Waals surface area contributed by atoms with Gasteiger partial charge >= 0.3 is 6.03 Å². The zero-order valence-corrected chi connectivity index (χ0v) is 14.4. The van der Waals surface area contributed by atoms with Gasteiger partial charge in [0.05, 0.1) is 0 Å². The fraction of sp³-hybridized carbons (Fsp3) is 0.611.